The summed E-state index contributed by atoms with van der Waals surface area (Å²) in [5, 5.41) is 2.96. The zero-order valence-corrected chi connectivity index (χ0v) is 18.1. The number of nitrogens with zero attached hydrogens (tertiary/aromatic N) is 2. The fourth-order valence-electron chi connectivity index (χ4n) is 4.40. The van der Waals surface area contributed by atoms with E-state index in [0.717, 1.165) is 28.1 Å². The monoisotopic (exact) mass is 429 g/mol. The van der Waals surface area contributed by atoms with E-state index >= 15 is 0 Å². The molecule has 5 nitrogen and oxygen atoms in total. The predicted octanol–water partition coefficient (Wildman–Crippen LogP) is 4.98. The number of hydrogen-bond acceptors (Lipinski definition) is 3. The molecule has 3 aromatic carbocycles. The molecule has 1 atom stereocenters. The summed E-state index contributed by atoms with van der Waals surface area (Å²) < 4.78 is 0. The topological polar surface area (TPSA) is 52.7 Å². The molecule has 1 saturated heterocycles. The van der Waals surface area contributed by atoms with E-state index in [1.165, 1.54) is 0 Å². The summed E-state index contributed by atoms with van der Waals surface area (Å²) in [6.07, 6.45) is 0. The largest absolute Gasteiger partial charge is 0.323 e. The van der Waals surface area contributed by atoms with Gasteiger partial charge in [-0.15, -0.1) is 11.8 Å². The van der Waals surface area contributed by atoms with E-state index in [0.29, 0.717) is 18.8 Å². The Bertz CT molecular complexity index is 1150. The van der Waals surface area contributed by atoms with Crippen molar-refractivity contribution in [2.45, 2.75) is 18.3 Å². The van der Waals surface area contributed by atoms with Crippen LogP contribution in [0.1, 0.15) is 16.7 Å². The van der Waals surface area contributed by atoms with Gasteiger partial charge < -0.3 is 10.2 Å². The first-order valence-corrected chi connectivity index (χ1v) is 11.3. The van der Waals surface area contributed by atoms with Crippen LogP contribution in [0.15, 0.2) is 78.9 Å². The Morgan fingerprint density at radius 3 is 2.52 bits per heavy atom. The number of hydrogen-bond donors (Lipinski definition) is 1. The molecule has 0 radical (unpaired) electrons. The molecule has 3 aromatic rings. The SMILES string of the molecule is Cc1ccccc1CN1C(=O)C2(SCCN2C(=O)Nc2ccccc2)c2ccccc21. The van der Waals surface area contributed by atoms with E-state index < -0.39 is 4.87 Å². The molecule has 3 amide bonds. The highest BCUT2D eigenvalue weighted by Gasteiger charge is 2.59. The summed E-state index contributed by atoms with van der Waals surface area (Å²) in [6, 6.07) is 25.1. The van der Waals surface area contributed by atoms with Crippen molar-refractivity contribution < 1.29 is 9.59 Å². The molecule has 0 aliphatic carbocycles. The van der Waals surface area contributed by atoms with Gasteiger partial charge in [0.2, 0.25) is 0 Å². The third kappa shape index (κ3) is 3.18. The first kappa shape index (κ1) is 19.7. The first-order chi connectivity index (χ1) is 15.1. The Balaban J connectivity index is 1.53. The zero-order valence-electron chi connectivity index (χ0n) is 17.2. The molecular weight excluding hydrogens is 406 g/mol. The van der Waals surface area contributed by atoms with E-state index in [-0.39, 0.29) is 11.9 Å². The molecule has 2 aliphatic rings. The van der Waals surface area contributed by atoms with Gasteiger partial charge in [-0.3, -0.25) is 9.69 Å². The van der Waals surface area contributed by atoms with Gasteiger partial charge in [-0.1, -0.05) is 60.7 Å². The third-order valence-electron chi connectivity index (χ3n) is 5.96. The zero-order chi connectivity index (χ0) is 21.4. The number of benzene rings is 3. The summed E-state index contributed by atoms with van der Waals surface area (Å²) in [4.78, 5) is 29.7. The summed E-state index contributed by atoms with van der Waals surface area (Å²) in [5.74, 6) is 0.656. The average molecular weight is 430 g/mol. The van der Waals surface area contributed by atoms with Gasteiger partial charge in [0.25, 0.3) is 5.91 Å². The van der Waals surface area contributed by atoms with Crippen LogP contribution in [0.2, 0.25) is 0 Å². The maximum absolute atomic E-state index is 14.0. The van der Waals surface area contributed by atoms with Crippen LogP contribution in [-0.2, 0) is 16.2 Å². The molecule has 0 bridgehead atoms. The first-order valence-electron chi connectivity index (χ1n) is 10.3. The molecule has 6 heteroatoms. The minimum atomic E-state index is -1.03. The fourth-order valence-corrected chi connectivity index (χ4v) is 5.86. The van der Waals surface area contributed by atoms with Gasteiger partial charge in [0.05, 0.1) is 12.2 Å². The molecule has 5 rings (SSSR count). The van der Waals surface area contributed by atoms with Gasteiger partial charge in [0, 0.05) is 23.5 Å². The molecule has 0 aromatic heterocycles. The normalized spacial score (nSPS) is 19.7. The predicted molar refractivity (Wildman–Crippen MR) is 125 cm³/mol. The van der Waals surface area contributed by atoms with Crippen molar-refractivity contribution in [1.82, 2.24) is 4.90 Å². The minimum absolute atomic E-state index is 0.0531. The number of rotatable bonds is 3. The van der Waals surface area contributed by atoms with Crippen molar-refractivity contribution in [3.63, 3.8) is 0 Å². The molecule has 31 heavy (non-hydrogen) atoms. The van der Waals surface area contributed by atoms with Crippen molar-refractivity contribution >= 4 is 35.1 Å². The van der Waals surface area contributed by atoms with Gasteiger partial charge in [-0.2, -0.15) is 0 Å². The smallest absolute Gasteiger partial charge is 0.308 e. The van der Waals surface area contributed by atoms with Gasteiger partial charge in [0.15, 0.2) is 4.87 Å². The average Bonchev–Trinajstić information content (AvgIpc) is 3.33. The van der Waals surface area contributed by atoms with Crippen LogP contribution in [-0.4, -0.2) is 29.1 Å². The lowest BCUT2D eigenvalue weighted by Gasteiger charge is -2.33. The minimum Gasteiger partial charge on any atom is -0.308 e. The van der Waals surface area contributed by atoms with Crippen molar-refractivity contribution in [2.75, 3.05) is 22.5 Å². The molecule has 0 saturated carbocycles. The Hall–Kier alpha value is -3.25. The van der Waals surface area contributed by atoms with Crippen molar-refractivity contribution in [3.05, 3.63) is 95.6 Å². The second-order valence-electron chi connectivity index (χ2n) is 7.78. The highest BCUT2D eigenvalue weighted by Crippen LogP contribution is 2.54. The fraction of sp³-hybridized carbons (Fsp3) is 0.200. The van der Waals surface area contributed by atoms with Gasteiger partial charge in [-0.25, -0.2) is 4.79 Å². The van der Waals surface area contributed by atoms with E-state index in [9.17, 15) is 9.59 Å². The van der Waals surface area contributed by atoms with Crippen molar-refractivity contribution in [3.8, 4) is 0 Å². The van der Waals surface area contributed by atoms with E-state index in [4.69, 9.17) is 0 Å². The van der Waals surface area contributed by atoms with E-state index in [1.807, 2.05) is 71.6 Å². The number of nitrogens with one attached hydrogen (secondary N) is 1. The Labute approximate surface area is 186 Å². The highest BCUT2D eigenvalue weighted by molar-refractivity contribution is 8.01. The number of amides is 3. The molecule has 1 unspecified atom stereocenters. The molecule has 156 valence electrons. The highest BCUT2D eigenvalue weighted by atomic mass is 32.2. The van der Waals surface area contributed by atoms with Crippen LogP contribution < -0.4 is 10.2 Å². The number of carbonyl (C=O) groups is 2. The summed E-state index contributed by atoms with van der Waals surface area (Å²) in [5.41, 5.74) is 4.73. The number of carbonyl (C=O) groups excluding carboxylic acids is 2. The van der Waals surface area contributed by atoms with Crippen LogP contribution >= 0.6 is 11.8 Å². The maximum Gasteiger partial charge on any atom is 0.323 e. The van der Waals surface area contributed by atoms with Crippen LogP contribution in [0.4, 0.5) is 16.2 Å². The maximum atomic E-state index is 14.0. The van der Waals surface area contributed by atoms with Crippen LogP contribution in [0.5, 0.6) is 0 Å². The lowest BCUT2D eigenvalue weighted by Crippen LogP contribution is -2.51. The summed E-state index contributed by atoms with van der Waals surface area (Å²) >= 11 is 1.54. The van der Waals surface area contributed by atoms with E-state index in [2.05, 4.69) is 24.4 Å². The second kappa shape index (κ2) is 7.78. The van der Waals surface area contributed by atoms with Crippen LogP contribution in [0.3, 0.4) is 0 Å². The Morgan fingerprint density at radius 2 is 1.71 bits per heavy atom. The second-order valence-corrected chi connectivity index (χ2v) is 9.06. The molecule has 1 fully saturated rings. The van der Waals surface area contributed by atoms with Gasteiger partial charge in [0.1, 0.15) is 0 Å². The number of anilines is 2. The molecule has 2 aliphatic heterocycles. The number of aryl methyl sites for hydroxylation is 1. The number of urea groups is 1. The number of thioether (sulfide) groups is 1. The van der Waals surface area contributed by atoms with Crippen molar-refractivity contribution in [1.29, 1.82) is 0 Å². The number of fused-ring (bicyclic) bond motifs is 2. The summed E-state index contributed by atoms with van der Waals surface area (Å²) in [6.45, 7) is 3.06. The van der Waals surface area contributed by atoms with Crippen molar-refractivity contribution in [2.24, 2.45) is 0 Å². The molecule has 1 spiro atoms. The summed E-state index contributed by atoms with van der Waals surface area (Å²) in [7, 11) is 0. The van der Waals surface area contributed by atoms with Crippen LogP contribution in [0.25, 0.3) is 0 Å². The van der Waals surface area contributed by atoms with E-state index in [1.54, 1.807) is 16.7 Å². The van der Waals surface area contributed by atoms with Gasteiger partial charge >= 0.3 is 6.03 Å². The lowest BCUT2D eigenvalue weighted by molar-refractivity contribution is -0.123. The standard InChI is InChI=1S/C25H23N3O2S/c1-18-9-5-6-10-19(18)17-27-22-14-8-7-13-21(22)25(23(27)29)28(15-16-31-25)24(30)26-20-11-3-2-4-12-20/h2-14H,15-17H2,1H3,(H,26,30). The molecule has 1 N–H and O–H groups in total. The van der Waals surface area contributed by atoms with Crippen LogP contribution in [0, 0.1) is 6.92 Å². The quantitative estimate of drug-likeness (QED) is 0.639. The molecular formula is C25H23N3O2S. The Morgan fingerprint density at radius 1 is 1.00 bits per heavy atom. The van der Waals surface area contributed by atoms with Gasteiger partial charge in [-0.05, 0) is 36.2 Å². The Kier molecular flexibility index (Phi) is 4.94. The lowest BCUT2D eigenvalue weighted by atomic mass is 10.1. The molecule has 2 heterocycles. The number of para-hydroxylation sites is 2. The third-order valence-corrected chi connectivity index (χ3v) is 7.38.